The van der Waals surface area contributed by atoms with Crippen molar-refractivity contribution in [2.45, 2.75) is 44.4 Å². The van der Waals surface area contributed by atoms with Gasteiger partial charge < -0.3 is 15.0 Å². The molecule has 3 aromatic heterocycles. The Labute approximate surface area is 160 Å². The van der Waals surface area contributed by atoms with Crippen molar-refractivity contribution < 1.29 is 5.11 Å². The van der Waals surface area contributed by atoms with Gasteiger partial charge in [0.15, 0.2) is 5.13 Å². The van der Waals surface area contributed by atoms with Crippen LogP contribution >= 0.6 is 11.3 Å². The fourth-order valence-electron chi connectivity index (χ4n) is 3.81. The largest absolute Gasteiger partial charge is 0.391 e. The maximum atomic E-state index is 10.2. The van der Waals surface area contributed by atoms with Gasteiger partial charge in [-0.2, -0.15) is 0 Å². The van der Waals surface area contributed by atoms with Crippen molar-refractivity contribution in [2.75, 3.05) is 5.32 Å². The third kappa shape index (κ3) is 3.28. The van der Waals surface area contributed by atoms with E-state index in [1.807, 2.05) is 12.4 Å². The first-order valence-corrected chi connectivity index (χ1v) is 10.2. The van der Waals surface area contributed by atoms with Crippen LogP contribution in [0.15, 0.2) is 43.0 Å². The number of anilines is 1. The van der Waals surface area contributed by atoms with E-state index in [0.717, 1.165) is 58.6 Å². The summed E-state index contributed by atoms with van der Waals surface area (Å²) < 4.78 is 3.29. The van der Waals surface area contributed by atoms with Gasteiger partial charge in [-0.05, 0) is 36.6 Å². The Bertz CT molecular complexity index is 1090. The highest BCUT2D eigenvalue weighted by Gasteiger charge is 2.23. The molecule has 4 aromatic rings. The minimum Gasteiger partial charge on any atom is -0.391 e. The molecule has 1 aromatic carbocycles. The Morgan fingerprint density at radius 2 is 2.11 bits per heavy atom. The molecule has 6 nitrogen and oxygen atoms in total. The summed E-state index contributed by atoms with van der Waals surface area (Å²) in [5, 5.41) is 14.5. The van der Waals surface area contributed by atoms with E-state index in [2.05, 4.69) is 38.1 Å². The van der Waals surface area contributed by atoms with Gasteiger partial charge in [0.25, 0.3) is 0 Å². The lowest BCUT2D eigenvalue weighted by Crippen LogP contribution is -2.36. The predicted octanol–water partition coefficient (Wildman–Crippen LogP) is 3.80. The van der Waals surface area contributed by atoms with Gasteiger partial charge in [-0.15, -0.1) is 0 Å². The minimum absolute atomic E-state index is 0.115. The zero-order valence-electron chi connectivity index (χ0n) is 14.9. The lowest BCUT2D eigenvalue weighted by Gasteiger charge is -2.27. The monoisotopic (exact) mass is 379 g/mol. The zero-order valence-corrected chi connectivity index (χ0v) is 15.7. The predicted molar refractivity (Wildman–Crippen MR) is 108 cm³/mol. The van der Waals surface area contributed by atoms with Crippen molar-refractivity contribution in [1.82, 2.24) is 19.5 Å². The maximum absolute atomic E-state index is 10.2. The molecule has 1 aliphatic rings. The van der Waals surface area contributed by atoms with E-state index in [-0.39, 0.29) is 12.1 Å². The van der Waals surface area contributed by atoms with Crippen molar-refractivity contribution >= 4 is 37.7 Å². The Morgan fingerprint density at radius 1 is 1.19 bits per heavy atom. The first-order chi connectivity index (χ1) is 13.3. The summed E-state index contributed by atoms with van der Waals surface area (Å²) in [6.45, 7) is 0.762. The van der Waals surface area contributed by atoms with Crippen LogP contribution in [0.25, 0.3) is 21.3 Å². The first kappa shape index (κ1) is 16.6. The van der Waals surface area contributed by atoms with Crippen LogP contribution in [0.4, 0.5) is 5.13 Å². The van der Waals surface area contributed by atoms with Crippen LogP contribution in [-0.4, -0.2) is 36.8 Å². The second-order valence-corrected chi connectivity index (χ2v) is 8.19. The SMILES string of the molecule is O[C@@H]1CCCC[C@H]1Nc1nc2ccc(Cn3cnc4cnccc43)cc2s1. The lowest BCUT2D eigenvalue weighted by molar-refractivity contribution is 0.116. The molecule has 2 N–H and O–H groups in total. The van der Waals surface area contributed by atoms with E-state index in [1.54, 1.807) is 23.7 Å². The molecular formula is C20H21N5OS. The standard InChI is InChI=1S/C20H21N5OS/c26-18-4-2-1-3-14(18)23-20-24-15-6-5-13(9-19(15)27-20)11-25-12-22-16-10-21-8-7-17(16)25/h5-10,12,14,18,26H,1-4,11H2,(H,23,24)/t14-,18-/m1/s1. The van der Waals surface area contributed by atoms with Gasteiger partial charge in [-0.1, -0.05) is 30.2 Å². The average molecular weight is 379 g/mol. The molecule has 0 aliphatic heterocycles. The van der Waals surface area contributed by atoms with Gasteiger partial charge in [0.1, 0.15) is 5.52 Å². The molecule has 5 rings (SSSR count). The summed E-state index contributed by atoms with van der Waals surface area (Å²) >= 11 is 1.66. The number of benzene rings is 1. The van der Waals surface area contributed by atoms with Crippen LogP contribution in [0.5, 0.6) is 0 Å². The second kappa shape index (κ2) is 6.90. The number of aliphatic hydroxyl groups is 1. The third-order valence-corrected chi connectivity index (χ3v) is 6.22. The number of hydrogen-bond donors (Lipinski definition) is 2. The molecule has 1 aliphatic carbocycles. The van der Waals surface area contributed by atoms with Crippen LogP contribution in [0.2, 0.25) is 0 Å². The van der Waals surface area contributed by atoms with E-state index in [4.69, 9.17) is 4.98 Å². The topological polar surface area (TPSA) is 75.9 Å². The maximum Gasteiger partial charge on any atom is 0.184 e. The molecule has 138 valence electrons. The summed E-state index contributed by atoms with van der Waals surface area (Å²) in [6.07, 6.45) is 9.33. The summed E-state index contributed by atoms with van der Waals surface area (Å²) in [5.74, 6) is 0. The number of thiazole rings is 1. The Morgan fingerprint density at radius 3 is 3.04 bits per heavy atom. The van der Waals surface area contributed by atoms with Gasteiger partial charge in [0, 0.05) is 12.7 Å². The molecule has 0 bridgehead atoms. The highest BCUT2D eigenvalue weighted by atomic mass is 32.1. The van der Waals surface area contributed by atoms with Gasteiger partial charge in [-0.3, -0.25) is 4.98 Å². The molecule has 0 unspecified atom stereocenters. The molecule has 1 saturated carbocycles. The number of fused-ring (bicyclic) bond motifs is 2. The fraction of sp³-hybridized carbons (Fsp3) is 0.350. The number of aliphatic hydroxyl groups excluding tert-OH is 1. The highest BCUT2D eigenvalue weighted by Crippen LogP contribution is 2.30. The van der Waals surface area contributed by atoms with Crippen LogP contribution in [-0.2, 0) is 6.54 Å². The van der Waals surface area contributed by atoms with Gasteiger partial charge >= 0.3 is 0 Å². The summed E-state index contributed by atoms with van der Waals surface area (Å²) in [6, 6.07) is 8.50. The molecule has 1 fully saturated rings. The van der Waals surface area contributed by atoms with E-state index in [9.17, 15) is 5.11 Å². The number of rotatable bonds is 4. The van der Waals surface area contributed by atoms with E-state index >= 15 is 0 Å². The van der Waals surface area contributed by atoms with Crippen LogP contribution in [0.3, 0.4) is 0 Å². The third-order valence-electron chi connectivity index (χ3n) is 5.27. The number of nitrogens with one attached hydrogen (secondary N) is 1. The Hall–Kier alpha value is -2.51. The van der Waals surface area contributed by atoms with Gasteiger partial charge in [-0.25, -0.2) is 9.97 Å². The average Bonchev–Trinajstić information content (AvgIpc) is 3.27. The van der Waals surface area contributed by atoms with E-state index < -0.39 is 0 Å². The molecule has 0 saturated heterocycles. The zero-order chi connectivity index (χ0) is 18.2. The normalized spacial score (nSPS) is 20.3. The molecule has 0 radical (unpaired) electrons. The summed E-state index contributed by atoms with van der Waals surface area (Å²) in [7, 11) is 0. The summed E-state index contributed by atoms with van der Waals surface area (Å²) in [4.78, 5) is 13.2. The molecule has 0 spiro atoms. The van der Waals surface area contributed by atoms with Crippen LogP contribution < -0.4 is 5.32 Å². The number of aromatic nitrogens is 4. The number of imidazole rings is 1. The number of pyridine rings is 1. The van der Waals surface area contributed by atoms with Crippen molar-refractivity contribution in [3.63, 3.8) is 0 Å². The lowest BCUT2D eigenvalue weighted by atomic mass is 9.93. The number of nitrogens with zero attached hydrogens (tertiary/aromatic N) is 4. The van der Waals surface area contributed by atoms with Gasteiger partial charge in [0.05, 0.1) is 40.4 Å². The van der Waals surface area contributed by atoms with Crippen LogP contribution in [0, 0.1) is 0 Å². The molecule has 7 heteroatoms. The molecule has 2 atom stereocenters. The Balaban J connectivity index is 1.39. The quantitative estimate of drug-likeness (QED) is 0.564. The van der Waals surface area contributed by atoms with Crippen molar-refractivity contribution in [2.24, 2.45) is 0 Å². The molecular weight excluding hydrogens is 358 g/mol. The number of hydrogen-bond acceptors (Lipinski definition) is 6. The van der Waals surface area contributed by atoms with Crippen molar-refractivity contribution in [1.29, 1.82) is 0 Å². The van der Waals surface area contributed by atoms with E-state index in [0.29, 0.717) is 0 Å². The second-order valence-electron chi connectivity index (χ2n) is 7.16. The van der Waals surface area contributed by atoms with E-state index in [1.165, 1.54) is 5.56 Å². The fourth-order valence-corrected chi connectivity index (χ4v) is 4.80. The molecule has 3 heterocycles. The Kier molecular flexibility index (Phi) is 4.26. The first-order valence-electron chi connectivity index (χ1n) is 9.35. The smallest absolute Gasteiger partial charge is 0.184 e. The summed E-state index contributed by atoms with van der Waals surface area (Å²) in [5.41, 5.74) is 4.21. The molecule has 0 amide bonds. The van der Waals surface area contributed by atoms with Crippen molar-refractivity contribution in [3.8, 4) is 0 Å². The highest BCUT2D eigenvalue weighted by molar-refractivity contribution is 7.22. The van der Waals surface area contributed by atoms with Gasteiger partial charge in [0.2, 0.25) is 0 Å². The molecule has 27 heavy (non-hydrogen) atoms. The minimum atomic E-state index is -0.273. The van der Waals surface area contributed by atoms with Crippen molar-refractivity contribution in [3.05, 3.63) is 48.5 Å². The van der Waals surface area contributed by atoms with Crippen LogP contribution in [0.1, 0.15) is 31.2 Å².